The Balaban J connectivity index is 1.48. The van der Waals surface area contributed by atoms with Crippen LogP contribution in [0.2, 0.25) is 0 Å². The quantitative estimate of drug-likeness (QED) is 0.325. The van der Waals surface area contributed by atoms with Crippen molar-refractivity contribution >= 4 is 12.0 Å². The molecule has 19 heavy (non-hydrogen) atoms. The van der Waals surface area contributed by atoms with Crippen LogP contribution >= 0.6 is 0 Å². The van der Waals surface area contributed by atoms with Crippen LogP contribution in [-0.4, -0.2) is 42.2 Å². The van der Waals surface area contributed by atoms with E-state index in [0.717, 1.165) is 0 Å². The van der Waals surface area contributed by atoms with E-state index in [1.165, 1.54) is 19.3 Å². The maximum Gasteiger partial charge on any atom is 0.333 e. The molecular formula is C13H21N3O3. The Hall–Kier alpha value is -1.56. The third-order valence-corrected chi connectivity index (χ3v) is 3.49. The number of carbonyl (C=O) groups excluding carboxylic acids is 2. The molecule has 2 aliphatic rings. The molecule has 1 aliphatic heterocycles. The summed E-state index contributed by atoms with van der Waals surface area (Å²) in [4.78, 5) is 22.6. The van der Waals surface area contributed by atoms with Crippen LogP contribution in [0.15, 0.2) is 12.2 Å². The fraction of sp³-hybridized carbons (Fsp3) is 0.692. The van der Waals surface area contributed by atoms with Gasteiger partial charge in [0.25, 0.3) is 0 Å². The number of carbonyl (C=O) groups is 2. The minimum absolute atomic E-state index is 0.180. The lowest BCUT2D eigenvalue weighted by Gasteiger charge is -2.11. The van der Waals surface area contributed by atoms with E-state index in [-0.39, 0.29) is 12.0 Å². The lowest BCUT2D eigenvalue weighted by Crippen LogP contribution is -2.41. The van der Waals surface area contributed by atoms with Crippen LogP contribution in [0.25, 0.3) is 0 Å². The minimum Gasteiger partial charge on any atom is -0.462 e. The van der Waals surface area contributed by atoms with Gasteiger partial charge >= 0.3 is 12.0 Å². The van der Waals surface area contributed by atoms with Gasteiger partial charge in [-0.1, -0.05) is 13.0 Å². The number of esters is 1. The first-order chi connectivity index (χ1) is 9.09. The number of amides is 2. The van der Waals surface area contributed by atoms with Crippen molar-refractivity contribution < 1.29 is 14.3 Å². The second-order valence-electron chi connectivity index (χ2n) is 5.11. The fourth-order valence-corrected chi connectivity index (χ4v) is 2.42. The zero-order chi connectivity index (χ0) is 13.8. The molecule has 6 heteroatoms. The molecule has 106 valence electrons. The molecule has 0 radical (unpaired) electrons. The van der Waals surface area contributed by atoms with Crippen LogP contribution in [0.1, 0.15) is 32.6 Å². The number of rotatable bonds is 6. The molecule has 0 aromatic rings. The molecule has 2 atom stereocenters. The third-order valence-electron chi connectivity index (χ3n) is 3.49. The molecule has 1 aliphatic carbocycles. The van der Waals surface area contributed by atoms with E-state index in [2.05, 4.69) is 17.3 Å². The van der Waals surface area contributed by atoms with E-state index in [1.54, 1.807) is 6.92 Å². The third kappa shape index (κ3) is 3.70. The molecule has 2 fully saturated rings. The molecule has 2 N–H and O–H groups in total. The number of urea groups is 1. The number of hydrogen-bond acceptors (Lipinski definition) is 4. The number of hydrazine groups is 1. The van der Waals surface area contributed by atoms with Crippen LogP contribution in [0.4, 0.5) is 4.79 Å². The highest BCUT2D eigenvalue weighted by Gasteiger charge is 2.51. The summed E-state index contributed by atoms with van der Waals surface area (Å²) in [7, 11) is 0. The predicted molar refractivity (Wildman–Crippen MR) is 70.2 cm³/mol. The van der Waals surface area contributed by atoms with Gasteiger partial charge in [-0.15, -0.1) is 0 Å². The zero-order valence-electron chi connectivity index (χ0n) is 11.3. The van der Waals surface area contributed by atoms with Gasteiger partial charge in [0, 0.05) is 24.2 Å². The second-order valence-corrected chi connectivity index (χ2v) is 5.11. The highest BCUT2D eigenvalue weighted by Crippen LogP contribution is 2.40. The minimum atomic E-state index is -0.388. The van der Waals surface area contributed by atoms with Gasteiger partial charge in [0.05, 0.1) is 6.61 Å². The number of nitrogens with zero attached hydrogens (tertiary/aromatic N) is 1. The summed E-state index contributed by atoms with van der Waals surface area (Å²) >= 11 is 0. The van der Waals surface area contributed by atoms with Gasteiger partial charge in [-0.25, -0.2) is 14.6 Å². The molecule has 1 heterocycles. The molecule has 0 aromatic heterocycles. The van der Waals surface area contributed by atoms with Crippen molar-refractivity contribution in [2.45, 2.75) is 44.7 Å². The molecule has 1 saturated heterocycles. The average Bonchev–Trinajstić information content (AvgIpc) is 2.81. The Bertz CT molecular complexity index is 373. The van der Waals surface area contributed by atoms with E-state index in [0.29, 0.717) is 37.2 Å². The zero-order valence-corrected chi connectivity index (χ0v) is 11.3. The monoisotopic (exact) mass is 267 g/mol. The first-order valence-electron chi connectivity index (χ1n) is 6.75. The van der Waals surface area contributed by atoms with Crippen LogP contribution < -0.4 is 10.7 Å². The molecular weight excluding hydrogens is 246 g/mol. The molecule has 6 nitrogen and oxygen atoms in total. The number of piperidine rings is 1. The molecule has 2 amide bonds. The first-order valence-corrected chi connectivity index (χ1v) is 6.75. The Labute approximate surface area is 113 Å². The molecule has 0 spiro atoms. The van der Waals surface area contributed by atoms with Crippen molar-refractivity contribution in [2.24, 2.45) is 0 Å². The topological polar surface area (TPSA) is 70.4 Å². The summed E-state index contributed by atoms with van der Waals surface area (Å²) < 4.78 is 4.92. The van der Waals surface area contributed by atoms with Gasteiger partial charge in [-0.05, 0) is 26.2 Å². The van der Waals surface area contributed by atoms with E-state index in [1.807, 2.05) is 5.01 Å². The van der Waals surface area contributed by atoms with Gasteiger partial charge in [-0.2, -0.15) is 0 Å². The highest BCUT2D eigenvalue weighted by molar-refractivity contribution is 5.86. The van der Waals surface area contributed by atoms with Crippen LogP contribution in [0.5, 0.6) is 0 Å². The largest absolute Gasteiger partial charge is 0.462 e. The van der Waals surface area contributed by atoms with E-state index in [4.69, 9.17) is 4.74 Å². The number of nitrogens with one attached hydrogen (secondary N) is 2. The van der Waals surface area contributed by atoms with Crippen molar-refractivity contribution in [3.63, 3.8) is 0 Å². The van der Waals surface area contributed by atoms with Gasteiger partial charge < -0.3 is 10.1 Å². The Morgan fingerprint density at radius 1 is 1.37 bits per heavy atom. The lowest BCUT2D eigenvalue weighted by atomic mass is 10.3. The molecule has 2 rings (SSSR count). The fourth-order valence-electron chi connectivity index (χ4n) is 2.42. The van der Waals surface area contributed by atoms with Crippen LogP contribution in [0, 0.1) is 0 Å². The summed E-state index contributed by atoms with van der Waals surface area (Å²) in [5, 5.41) is 4.75. The highest BCUT2D eigenvalue weighted by atomic mass is 16.5. The number of ether oxygens (including phenoxy) is 1. The predicted octanol–water partition coefficient (Wildman–Crippen LogP) is 0.947. The Kier molecular flexibility index (Phi) is 4.42. The van der Waals surface area contributed by atoms with Crippen molar-refractivity contribution in [2.75, 3.05) is 13.2 Å². The first kappa shape index (κ1) is 13.9. The maximum absolute atomic E-state index is 11.5. The van der Waals surface area contributed by atoms with E-state index < -0.39 is 0 Å². The molecule has 2 unspecified atom stereocenters. The normalized spacial score (nSPS) is 27.3. The number of fused-ring (bicyclic) bond motifs is 1. The maximum atomic E-state index is 11.5. The van der Waals surface area contributed by atoms with Crippen LogP contribution in [-0.2, 0) is 9.53 Å². The van der Waals surface area contributed by atoms with Crippen molar-refractivity contribution in [3.8, 4) is 0 Å². The van der Waals surface area contributed by atoms with E-state index in [9.17, 15) is 9.59 Å². The SMILES string of the molecule is C=C(C)C(=O)OCCCNC(=O)NN1C2CCCC21. The summed E-state index contributed by atoms with van der Waals surface area (Å²) in [5.41, 5.74) is 3.22. The van der Waals surface area contributed by atoms with Gasteiger partial charge in [-0.3, -0.25) is 5.43 Å². The Morgan fingerprint density at radius 3 is 2.68 bits per heavy atom. The van der Waals surface area contributed by atoms with Gasteiger partial charge in [0.2, 0.25) is 0 Å². The summed E-state index contributed by atoms with van der Waals surface area (Å²) in [5.74, 6) is -0.388. The molecule has 0 aromatic carbocycles. The van der Waals surface area contributed by atoms with E-state index >= 15 is 0 Å². The number of hydrogen-bond donors (Lipinski definition) is 2. The van der Waals surface area contributed by atoms with Crippen molar-refractivity contribution in [3.05, 3.63) is 12.2 Å². The van der Waals surface area contributed by atoms with Gasteiger partial charge in [0.1, 0.15) is 0 Å². The summed E-state index contributed by atoms with van der Waals surface area (Å²) in [6, 6.07) is 0.935. The molecule has 1 saturated carbocycles. The Morgan fingerprint density at radius 2 is 2.05 bits per heavy atom. The van der Waals surface area contributed by atoms with Crippen molar-refractivity contribution in [1.82, 2.24) is 15.8 Å². The van der Waals surface area contributed by atoms with Crippen LogP contribution in [0.3, 0.4) is 0 Å². The average molecular weight is 267 g/mol. The lowest BCUT2D eigenvalue weighted by molar-refractivity contribution is -0.138. The summed E-state index contributed by atoms with van der Waals surface area (Å²) in [6.07, 6.45) is 4.23. The van der Waals surface area contributed by atoms with Crippen molar-refractivity contribution in [1.29, 1.82) is 0 Å². The molecule has 0 bridgehead atoms. The summed E-state index contributed by atoms with van der Waals surface area (Å²) in [6.45, 7) is 5.87. The second kappa shape index (κ2) is 6.06. The van der Waals surface area contributed by atoms with Gasteiger partial charge in [0.15, 0.2) is 0 Å². The smallest absolute Gasteiger partial charge is 0.333 e. The standard InChI is InChI=1S/C13H21N3O3/c1-9(2)12(17)19-8-4-7-14-13(18)15-16-10-5-3-6-11(10)16/h10-11H,1,3-8H2,2H3,(H2,14,15,18).